The van der Waals surface area contributed by atoms with E-state index in [0.29, 0.717) is 60.8 Å². The number of rotatable bonds is 9. The van der Waals surface area contributed by atoms with Crippen LogP contribution in [0.4, 0.5) is 27.9 Å². The van der Waals surface area contributed by atoms with Crippen molar-refractivity contribution in [3.8, 4) is 17.2 Å². The lowest BCUT2D eigenvalue weighted by molar-refractivity contribution is -0.120. The molecule has 48 heavy (non-hydrogen) atoms. The average Bonchev–Trinajstić information content (AvgIpc) is 3.78. The molecule has 0 bridgehead atoms. The van der Waals surface area contributed by atoms with Crippen molar-refractivity contribution in [2.45, 2.75) is 103 Å². The molecule has 0 radical (unpaired) electrons. The molecule has 0 unspecified atom stereocenters. The van der Waals surface area contributed by atoms with E-state index in [1.807, 2.05) is 39.0 Å². The molecule has 258 valence electrons. The van der Waals surface area contributed by atoms with Gasteiger partial charge in [-0.2, -0.15) is 4.98 Å². The molecule has 1 atom stereocenters. The zero-order valence-electron chi connectivity index (χ0n) is 28.8. The first-order valence-corrected chi connectivity index (χ1v) is 17.0. The molecule has 1 saturated carbocycles. The number of ether oxygens (including phenoxy) is 2. The summed E-state index contributed by atoms with van der Waals surface area (Å²) in [5.41, 5.74) is 1.61. The minimum atomic E-state index is -0.505. The van der Waals surface area contributed by atoms with Gasteiger partial charge in [-0.25, -0.2) is 9.78 Å². The van der Waals surface area contributed by atoms with Gasteiger partial charge in [0, 0.05) is 37.8 Å². The lowest BCUT2D eigenvalue weighted by Gasteiger charge is -2.43. The Bertz CT molecular complexity index is 1610. The van der Waals surface area contributed by atoms with Crippen LogP contribution in [-0.4, -0.2) is 88.0 Å². The van der Waals surface area contributed by atoms with E-state index in [1.165, 1.54) is 0 Å². The highest BCUT2D eigenvalue weighted by Crippen LogP contribution is 2.40. The number of nitrogens with zero attached hydrogens (tertiary/aromatic N) is 7. The van der Waals surface area contributed by atoms with E-state index in [0.717, 1.165) is 50.0 Å². The predicted octanol–water partition coefficient (Wildman–Crippen LogP) is 5.27. The highest BCUT2D eigenvalue weighted by Gasteiger charge is 2.41. The van der Waals surface area contributed by atoms with Gasteiger partial charge in [-0.1, -0.05) is 19.8 Å². The Labute approximate surface area is 281 Å². The van der Waals surface area contributed by atoms with Crippen molar-refractivity contribution >= 4 is 35.1 Å². The van der Waals surface area contributed by atoms with Crippen LogP contribution in [0.5, 0.6) is 5.75 Å². The lowest BCUT2D eigenvalue weighted by Crippen LogP contribution is -2.55. The number of methoxy groups -OCH3 is 1. The summed E-state index contributed by atoms with van der Waals surface area (Å²) in [7, 11) is 3.40. The number of nitrogens with one attached hydrogen (secondary N) is 2. The number of anilines is 4. The summed E-state index contributed by atoms with van der Waals surface area (Å²) in [5.74, 6) is 2.71. The maximum absolute atomic E-state index is 13.2. The fourth-order valence-electron chi connectivity index (χ4n) is 6.76. The Morgan fingerprint density at radius 2 is 1.85 bits per heavy atom. The number of likely N-dealkylation sites (tertiary alicyclic amines) is 1. The van der Waals surface area contributed by atoms with Crippen molar-refractivity contribution in [3.05, 3.63) is 30.3 Å². The van der Waals surface area contributed by atoms with Gasteiger partial charge in [0.1, 0.15) is 23.1 Å². The van der Waals surface area contributed by atoms with Crippen LogP contribution in [0.25, 0.3) is 11.5 Å². The monoisotopic (exact) mass is 661 g/mol. The smallest absolute Gasteiger partial charge is 0.410 e. The largest absolute Gasteiger partial charge is 0.495 e. The van der Waals surface area contributed by atoms with E-state index in [1.54, 1.807) is 30.2 Å². The van der Waals surface area contributed by atoms with Crippen LogP contribution in [-0.2, 0) is 16.1 Å². The molecule has 0 spiro atoms. The van der Waals surface area contributed by atoms with Gasteiger partial charge < -0.3 is 39.2 Å². The van der Waals surface area contributed by atoms with Crippen molar-refractivity contribution in [3.63, 3.8) is 0 Å². The average molecular weight is 662 g/mol. The van der Waals surface area contributed by atoms with Gasteiger partial charge in [0.05, 0.1) is 25.5 Å². The normalized spacial score (nSPS) is 19.1. The third-order valence-corrected chi connectivity index (χ3v) is 9.26. The number of hydrogen-bond acceptors (Lipinski definition) is 12. The summed E-state index contributed by atoms with van der Waals surface area (Å²) in [5, 5.41) is 15.3. The molecule has 2 N–H and O–H groups in total. The summed E-state index contributed by atoms with van der Waals surface area (Å²) in [6.07, 6.45) is 8.21. The van der Waals surface area contributed by atoms with E-state index in [9.17, 15) is 9.59 Å². The molecular formula is C34H47N9O5. The molecule has 2 fully saturated rings. The maximum atomic E-state index is 13.2. The van der Waals surface area contributed by atoms with Gasteiger partial charge >= 0.3 is 6.09 Å². The Kier molecular flexibility index (Phi) is 9.72. The summed E-state index contributed by atoms with van der Waals surface area (Å²) >= 11 is 0. The first-order valence-electron chi connectivity index (χ1n) is 17.0. The molecule has 2 aromatic heterocycles. The number of aromatic nitrogens is 4. The molecule has 1 saturated heterocycles. The van der Waals surface area contributed by atoms with Crippen molar-refractivity contribution in [2.75, 3.05) is 42.4 Å². The minimum absolute atomic E-state index is 0.0825. The number of amides is 2. The molecular weight excluding hydrogens is 614 g/mol. The number of piperidine rings is 1. The Morgan fingerprint density at radius 3 is 2.54 bits per heavy atom. The third kappa shape index (κ3) is 7.18. The van der Waals surface area contributed by atoms with Crippen molar-refractivity contribution in [2.24, 2.45) is 0 Å². The van der Waals surface area contributed by atoms with Gasteiger partial charge in [-0.3, -0.25) is 4.79 Å². The molecule has 1 aliphatic carbocycles. The fourth-order valence-corrected chi connectivity index (χ4v) is 6.76. The van der Waals surface area contributed by atoms with Crippen molar-refractivity contribution in [1.29, 1.82) is 0 Å². The van der Waals surface area contributed by atoms with E-state index >= 15 is 0 Å². The Hall–Kier alpha value is -4.46. The second-order valence-electron chi connectivity index (χ2n) is 13.7. The quantitative estimate of drug-likeness (QED) is 0.307. The molecule has 14 heteroatoms. The number of carbonyl (C=O) groups is 2. The van der Waals surface area contributed by atoms with Crippen LogP contribution in [0.2, 0.25) is 0 Å². The van der Waals surface area contributed by atoms with Gasteiger partial charge in [0.25, 0.3) is 0 Å². The van der Waals surface area contributed by atoms with Crippen LogP contribution < -0.4 is 25.2 Å². The molecule has 14 nitrogen and oxygen atoms in total. The zero-order valence-corrected chi connectivity index (χ0v) is 28.8. The number of likely N-dealkylation sites (N-methyl/N-ethyl adjacent to an activating group) is 1. The predicted molar refractivity (Wildman–Crippen MR) is 181 cm³/mol. The summed E-state index contributed by atoms with van der Waals surface area (Å²) < 4.78 is 17.2. The number of hydrogen-bond donors (Lipinski definition) is 2. The number of benzene rings is 1. The first kappa shape index (κ1) is 33.4. The minimum Gasteiger partial charge on any atom is -0.495 e. The fraction of sp³-hybridized carbons (Fsp3) is 0.588. The maximum Gasteiger partial charge on any atom is 0.410 e. The highest BCUT2D eigenvalue weighted by atomic mass is 16.6. The van der Waals surface area contributed by atoms with Crippen LogP contribution in [0, 0.1) is 0 Å². The summed E-state index contributed by atoms with van der Waals surface area (Å²) in [6.45, 7) is 9.37. The second-order valence-corrected chi connectivity index (χ2v) is 13.7. The standard InChI is InChI=1S/C34H47N9O5/c1-7-25-31(44)41(5)26-19-36-32(38-29(26)43(25)23-10-8-9-11-23)37-24-13-12-21(18-27(24)46-6)30-40-39-28(47-30)20-35-22-14-16-42(17-15-22)33(45)48-34(2,3)4/h12-13,18-19,22-23,25,35H,7-11,14-17,20H2,1-6H3,(H,36,37,38)/t25-/m1/s1. The SMILES string of the molecule is CC[C@@H]1C(=O)N(C)c2cnc(Nc3ccc(-c4nnc(CNC5CCN(C(=O)OC(C)(C)C)CC5)o4)cc3OC)nc2N1C1CCCC1. The molecule has 2 aliphatic heterocycles. The summed E-state index contributed by atoms with van der Waals surface area (Å²) in [6, 6.07) is 5.86. The van der Waals surface area contributed by atoms with Crippen LogP contribution in [0.1, 0.15) is 78.5 Å². The molecule has 2 amide bonds. The Morgan fingerprint density at radius 1 is 1.10 bits per heavy atom. The topological polar surface area (TPSA) is 151 Å². The molecule has 4 heterocycles. The van der Waals surface area contributed by atoms with E-state index in [2.05, 4.69) is 37.6 Å². The Balaban J connectivity index is 1.10. The molecule has 6 rings (SSSR count). The van der Waals surface area contributed by atoms with Crippen molar-refractivity contribution in [1.82, 2.24) is 30.4 Å². The lowest BCUT2D eigenvalue weighted by atomic mass is 10.0. The third-order valence-electron chi connectivity index (χ3n) is 9.26. The number of fused-ring (bicyclic) bond motifs is 1. The van der Waals surface area contributed by atoms with Crippen LogP contribution >= 0.6 is 0 Å². The first-order chi connectivity index (χ1) is 23.0. The summed E-state index contributed by atoms with van der Waals surface area (Å²) in [4.78, 5) is 40.8. The zero-order chi connectivity index (χ0) is 34.0. The van der Waals surface area contributed by atoms with Crippen LogP contribution in [0.15, 0.2) is 28.8 Å². The second kappa shape index (κ2) is 14.0. The van der Waals surface area contributed by atoms with Crippen LogP contribution in [0.3, 0.4) is 0 Å². The molecule has 3 aromatic rings. The molecule has 1 aromatic carbocycles. The van der Waals surface area contributed by atoms with Gasteiger partial charge in [0.2, 0.25) is 23.6 Å². The van der Waals surface area contributed by atoms with Gasteiger partial charge in [0.15, 0.2) is 5.82 Å². The van der Waals surface area contributed by atoms with E-state index in [-0.39, 0.29) is 30.1 Å². The highest BCUT2D eigenvalue weighted by molar-refractivity contribution is 6.04. The van der Waals surface area contributed by atoms with Crippen molar-refractivity contribution < 1.29 is 23.5 Å². The molecule has 3 aliphatic rings. The number of carbonyl (C=O) groups excluding carboxylic acids is 2. The van der Waals surface area contributed by atoms with E-state index < -0.39 is 5.60 Å². The van der Waals surface area contributed by atoms with Gasteiger partial charge in [-0.05, 0) is 71.1 Å². The van der Waals surface area contributed by atoms with Gasteiger partial charge in [-0.15, -0.1) is 10.2 Å². The van der Waals surface area contributed by atoms with E-state index in [4.69, 9.17) is 18.9 Å².